The second-order valence-corrected chi connectivity index (χ2v) is 4.18. The molecule has 13 heavy (non-hydrogen) atoms. The molecule has 0 saturated carbocycles. The molecular weight excluding hydrogens is 186 g/mol. The maximum atomic E-state index is 11.2. The summed E-state index contributed by atoms with van der Waals surface area (Å²) in [7, 11) is 1.82. The molecule has 0 aliphatic carbocycles. The Bertz CT molecular complexity index is 336. The first-order valence-corrected chi connectivity index (χ1v) is 4.99. The molecule has 1 aliphatic rings. The number of hydrogen-bond acceptors (Lipinski definition) is 4. The van der Waals surface area contributed by atoms with Crippen molar-refractivity contribution in [3.63, 3.8) is 0 Å². The van der Waals surface area contributed by atoms with Gasteiger partial charge in [-0.2, -0.15) is 0 Å². The van der Waals surface area contributed by atoms with E-state index in [-0.39, 0.29) is 11.8 Å². The molecule has 5 heteroatoms. The smallest absolute Gasteiger partial charge is 0.223 e. The maximum absolute atomic E-state index is 11.2. The first kappa shape index (κ1) is 8.50. The van der Waals surface area contributed by atoms with E-state index in [1.54, 1.807) is 4.90 Å². The largest absolute Gasteiger partial charge is 0.375 e. The summed E-state index contributed by atoms with van der Waals surface area (Å²) in [6, 6.07) is 0. The summed E-state index contributed by atoms with van der Waals surface area (Å²) in [5.74, 6) is 0.433. The summed E-state index contributed by atoms with van der Waals surface area (Å²) in [6.07, 6.45) is 0.569. The number of carbonyl (C=O) groups excluding carboxylic acids is 1. The predicted octanol–water partition coefficient (Wildman–Crippen LogP) is 0.671. The summed E-state index contributed by atoms with van der Waals surface area (Å²) in [5.41, 5.74) is 6.48. The molecule has 70 valence electrons. The summed E-state index contributed by atoms with van der Waals surface area (Å²) in [6.45, 7) is 0.766. The fourth-order valence-corrected chi connectivity index (χ4v) is 2.19. The molecule has 1 saturated heterocycles. The number of nitrogen functional groups attached to an aromatic ring is 1. The molecule has 1 aromatic heterocycles. The van der Waals surface area contributed by atoms with Gasteiger partial charge in [-0.1, -0.05) is 0 Å². The average molecular weight is 197 g/mol. The van der Waals surface area contributed by atoms with Crippen molar-refractivity contribution in [2.24, 2.45) is 0 Å². The minimum Gasteiger partial charge on any atom is -0.375 e. The Morgan fingerprint density at radius 2 is 2.54 bits per heavy atom. The Hall–Kier alpha value is -1.10. The maximum Gasteiger partial charge on any atom is 0.223 e. The number of anilines is 1. The Kier molecular flexibility index (Phi) is 1.95. The average Bonchev–Trinajstić information content (AvgIpc) is 2.61. The van der Waals surface area contributed by atoms with Crippen molar-refractivity contribution in [3.05, 3.63) is 11.1 Å². The highest BCUT2D eigenvalue weighted by molar-refractivity contribution is 7.13. The molecule has 2 rings (SSSR count). The van der Waals surface area contributed by atoms with Gasteiger partial charge in [0, 0.05) is 31.3 Å². The number of amides is 1. The fraction of sp³-hybridized carbons (Fsp3) is 0.500. The fourth-order valence-electron chi connectivity index (χ4n) is 1.55. The normalized spacial score (nSPS) is 22.7. The van der Waals surface area contributed by atoms with E-state index in [0.717, 1.165) is 12.2 Å². The Morgan fingerprint density at radius 3 is 3.00 bits per heavy atom. The molecule has 1 amide bonds. The van der Waals surface area contributed by atoms with Crippen molar-refractivity contribution >= 4 is 22.4 Å². The number of nitrogens with two attached hydrogens (primary N) is 1. The third-order valence-corrected chi connectivity index (χ3v) is 2.99. The van der Waals surface area contributed by atoms with Gasteiger partial charge in [0.05, 0.1) is 5.69 Å². The minimum atomic E-state index is 0.191. The third kappa shape index (κ3) is 1.51. The van der Waals surface area contributed by atoms with Crippen LogP contribution >= 0.6 is 11.3 Å². The summed E-state index contributed by atoms with van der Waals surface area (Å²) in [4.78, 5) is 17.2. The standard InChI is InChI=1S/C8H11N3OS/c1-11-3-5(2-7(11)12)6-4-13-8(9)10-6/h4-5H,2-3H2,1H3,(H2,9,10). The van der Waals surface area contributed by atoms with Crippen molar-refractivity contribution in [2.45, 2.75) is 12.3 Å². The molecule has 4 nitrogen and oxygen atoms in total. The number of thiazole rings is 1. The van der Waals surface area contributed by atoms with Crippen LogP contribution in [-0.4, -0.2) is 29.4 Å². The highest BCUT2D eigenvalue weighted by Gasteiger charge is 2.29. The zero-order chi connectivity index (χ0) is 9.42. The van der Waals surface area contributed by atoms with Crippen LogP contribution in [0.1, 0.15) is 18.0 Å². The SMILES string of the molecule is CN1CC(c2csc(N)n2)CC1=O. The molecular formula is C8H11N3OS. The first-order valence-electron chi connectivity index (χ1n) is 4.11. The van der Waals surface area contributed by atoms with E-state index >= 15 is 0 Å². The van der Waals surface area contributed by atoms with Gasteiger partial charge >= 0.3 is 0 Å². The van der Waals surface area contributed by atoms with E-state index in [2.05, 4.69) is 4.98 Å². The van der Waals surface area contributed by atoms with Gasteiger partial charge in [0.1, 0.15) is 0 Å². The van der Waals surface area contributed by atoms with Crippen molar-refractivity contribution in [2.75, 3.05) is 19.3 Å². The van der Waals surface area contributed by atoms with Gasteiger partial charge in [-0.05, 0) is 0 Å². The van der Waals surface area contributed by atoms with Crippen LogP contribution in [0.2, 0.25) is 0 Å². The van der Waals surface area contributed by atoms with E-state index in [9.17, 15) is 4.79 Å². The number of likely N-dealkylation sites (N-methyl/N-ethyl adjacent to an activating group) is 1. The van der Waals surface area contributed by atoms with E-state index < -0.39 is 0 Å². The molecule has 1 fully saturated rings. The van der Waals surface area contributed by atoms with Crippen LogP contribution in [0.25, 0.3) is 0 Å². The Balaban J connectivity index is 2.16. The molecule has 0 aromatic carbocycles. The zero-order valence-electron chi connectivity index (χ0n) is 7.36. The van der Waals surface area contributed by atoms with Crippen LogP contribution in [-0.2, 0) is 4.79 Å². The van der Waals surface area contributed by atoms with Crippen molar-refractivity contribution < 1.29 is 4.79 Å². The number of hydrogen-bond donors (Lipinski definition) is 1. The van der Waals surface area contributed by atoms with Gasteiger partial charge in [0.25, 0.3) is 0 Å². The first-order chi connectivity index (χ1) is 6.16. The number of carbonyl (C=O) groups is 1. The lowest BCUT2D eigenvalue weighted by Crippen LogP contribution is -2.18. The molecule has 1 aromatic rings. The van der Waals surface area contributed by atoms with Gasteiger partial charge < -0.3 is 10.6 Å². The number of nitrogens with zero attached hydrogens (tertiary/aromatic N) is 2. The van der Waals surface area contributed by atoms with Crippen molar-refractivity contribution in [3.8, 4) is 0 Å². The second-order valence-electron chi connectivity index (χ2n) is 3.29. The summed E-state index contributed by atoms with van der Waals surface area (Å²) >= 11 is 1.43. The number of rotatable bonds is 1. The molecule has 0 spiro atoms. The molecule has 2 N–H and O–H groups in total. The molecule has 0 bridgehead atoms. The highest BCUT2D eigenvalue weighted by atomic mass is 32.1. The molecule has 1 atom stereocenters. The Morgan fingerprint density at radius 1 is 1.77 bits per heavy atom. The van der Waals surface area contributed by atoms with E-state index in [0.29, 0.717) is 11.6 Å². The van der Waals surface area contributed by atoms with Crippen LogP contribution in [0.4, 0.5) is 5.13 Å². The van der Waals surface area contributed by atoms with Crippen molar-refractivity contribution in [1.29, 1.82) is 0 Å². The van der Waals surface area contributed by atoms with Crippen LogP contribution in [0.5, 0.6) is 0 Å². The molecule has 1 aliphatic heterocycles. The Labute approximate surface area is 80.4 Å². The number of aromatic nitrogens is 1. The minimum absolute atomic E-state index is 0.191. The van der Waals surface area contributed by atoms with E-state index in [1.807, 2.05) is 12.4 Å². The van der Waals surface area contributed by atoms with Gasteiger partial charge in [-0.25, -0.2) is 4.98 Å². The molecule has 0 radical (unpaired) electrons. The summed E-state index contributed by atoms with van der Waals surface area (Å²) in [5, 5.41) is 2.52. The highest BCUT2D eigenvalue weighted by Crippen LogP contribution is 2.28. The second kappa shape index (κ2) is 2.99. The van der Waals surface area contributed by atoms with Gasteiger partial charge in [0.2, 0.25) is 5.91 Å². The third-order valence-electron chi connectivity index (χ3n) is 2.30. The lowest BCUT2D eigenvalue weighted by molar-refractivity contribution is -0.126. The van der Waals surface area contributed by atoms with E-state index in [1.165, 1.54) is 11.3 Å². The van der Waals surface area contributed by atoms with Gasteiger partial charge in [-0.15, -0.1) is 11.3 Å². The summed E-state index contributed by atoms with van der Waals surface area (Å²) < 4.78 is 0. The van der Waals surface area contributed by atoms with Gasteiger partial charge in [0.15, 0.2) is 5.13 Å². The lowest BCUT2D eigenvalue weighted by atomic mass is 10.1. The molecule has 2 heterocycles. The van der Waals surface area contributed by atoms with Crippen LogP contribution in [0.15, 0.2) is 5.38 Å². The van der Waals surface area contributed by atoms with Crippen LogP contribution in [0, 0.1) is 0 Å². The quantitative estimate of drug-likeness (QED) is 0.720. The lowest BCUT2D eigenvalue weighted by Gasteiger charge is -2.07. The zero-order valence-corrected chi connectivity index (χ0v) is 8.17. The van der Waals surface area contributed by atoms with Crippen LogP contribution in [0.3, 0.4) is 0 Å². The predicted molar refractivity (Wildman–Crippen MR) is 51.5 cm³/mol. The number of likely N-dealkylation sites (tertiary alicyclic amines) is 1. The van der Waals surface area contributed by atoms with Crippen molar-refractivity contribution in [1.82, 2.24) is 9.88 Å². The monoisotopic (exact) mass is 197 g/mol. The van der Waals surface area contributed by atoms with E-state index in [4.69, 9.17) is 5.73 Å². The molecule has 1 unspecified atom stereocenters. The van der Waals surface area contributed by atoms with Crippen LogP contribution < -0.4 is 5.73 Å². The topological polar surface area (TPSA) is 59.2 Å². The van der Waals surface area contributed by atoms with Gasteiger partial charge in [-0.3, -0.25) is 4.79 Å².